The number of benzene rings is 2. The molecule has 1 aliphatic heterocycles. The van der Waals surface area contributed by atoms with Crippen molar-refractivity contribution in [3.8, 4) is 5.75 Å². The molecule has 0 aromatic heterocycles. The molecule has 1 atom stereocenters. The molecule has 1 aliphatic rings. The van der Waals surface area contributed by atoms with Gasteiger partial charge in [-0.15, -0.1) is 0 Å². The molecule has 7 heteroatoms. The summed E-state index contributed by atoms with van der Waals surface area (Å²) in [5, 5.41) is 5.51. The minimum Gasteiger partial charge on any atom is -0.469 e. The van der Waals surface area contributed by atoms with Crippen LogP contribution in [0.25, 0.3) is 0 Å². The topological polar surface area (TPSA) is 87.7 Å². The first-order valence-corrected chi connectivity index (χ1v) is 10.1. The number of carbonyl (C=O) groups excluding carboxylic acids is 3. The number of anilines is 1. The van der Waals surface area contributed by atoms with E-state index < -0.39 is 17.7 Å². The Labute approximate surface area is 176 Å². The number of hydrogen-bond acceptors (Lipinski definition) is 4. The monoisotopic (exact) mass is 409 g/mol. The summed E-state index contributed by atoms with van der Waals surface area (Å²) >= 11 is 0. The zero-order valence-corrected chi connectivity index (χ0v) is 17.5. The van der Waals surface area contributed by atoms with E-state index in [4.69, 9.17) is 4.74 Å². The molecule has 3 rings (SSSR count). The van der Waals surface area contributed by atoms with Crippen molar-refractivity contribution >= 4 is 23.5 Å². The Hall–Kier alpha value is -3.35. The van der Waals surface area contributed by atoms with Crippen LogP contribution in [0.15, 0.2) is 54.6 Å². The second kappa shape index (κ2) is 8.98. The molecule has 30 heavy (non-hydrogen) atoms. The van der Waals surface area contributed by atoms with Crippen LogP contribution < -0.4 is 15.4 Å². The fraction of sp³-hybridized carbons (Fsp3) is 0.348. The third-order valence-electron chi connectivity index (χ3n) is 5.52. The van der Waals surface area contributed by atoms with Crippen molar-refractivity contribution in [3.63, 3.8) is 0 Å². The van der Waals surface area contributed by atoms with Crippen LogP contribution in [0.2, 0.25) is 0 Å². The van der Waals surface area contributed by atoms with Gasteiger partial charge in [0.25, 0.3) is 0 Å². The van der Waals surface area contributed by atoms with E-state index in [9.17, 15) is 14.4 Å². The van der Waals surface area contributed by atoms with Gasteiger partial charge in [0.05, 0.1) is 0 Å². The maximum Gasteiger partial charge on any atom is 0.327 e. The number of hydrogen-bond donors (Lipinski definition) is 2. The Morgan fingerprint density at radius 1 is 1.07 bits per heavy atom. The summed E-state index contributed by atoms with van der Waals surface area (Å²) in [6, 6.07) is 15.9. The minimum absolute atomic E-state index is 0.190. The molecule has 1 saturated heterocycles. The third-order valence-corrected chi connectivity index (χ3v) is 5.52. The minimum atomic E-state index is -0.756. The molecule has 0 spiro atoms. The lowest BCUT2D eigenvalue weighted by Gasteiger charge is -2.53. The molecule has 2 N–H and O–H groups in total. The predicted molar refractivity (Wildman–Crippen MR) is 114 cm³/mol. The maximum absolute atomic E-state index is 12.9. The number of nitrogens with zero attached hydrogens (tertiary/aromatic N) is 1. The molecule has 1 heterocycles. The van der Waals surface area contributed by atoms with Crippen molar-refractivity contribution in [3.05, 3.63) is 60.2 Å². The van der Waals surface area contributed by atoms with E-state index in [0.29, 0.717) is 30.8 Å². The molecule has 0 saturated carbocycles. The highest BCUT2D eigenvalue weighted by atomic mass is 16.5. The van der Waals surface area contributed by atoms with Gasteiger partial charge in [0.1, 0.15) is 11.2 Å². The highest BCUT2D eigenvalue weighted by Crippen LogP contribution is 2.46. The third kappa shape index (κ3) is 4.15. The van der Waals surface area contributed by atoms with Crippen LogP contribution >= 0.6 is 0 Å². The van der Waals surface area contributed by atoms with E-state index in [1.165, 1.54) is 6.92 Å². The average molecular weight is 409 g/mol. The van der Waals surface area contributed by atoms with E-state index in [0.717, 1.165) is 10.5 Å². The van der Waals surface area contributed by atoms with Crippen molar-refractivity contribution in [2.75, 3.05) is 5.32 Å². The number of imide groups is 1. The first-order chi connectivity index (χ1) is 14.4. The van der Waals surface area contributed by atoms with Gasteiger partial charge in [-0.25, -0.2) is 9.69 Å². The number of likely N-dealkylation sites (tertiary alicyclic amines) is 1. The number of rotatable bonds is 7. The number of urea groups is 1. The standard InChI is InChI=1S/C23H27N3O4/c1-4-23(5-2)20(28)26(22(29)24-15-17-10-7-6-8-11-17)21(23)30-19-13-9-12-18(14-19)25-16(3)27/h6-14,21H,4-5,15H2,1-3H3,(H,24,29)(H,25,27). The molecule has 0 radical (unpaired) electrons. The summed E-state index contributed by atoms with van der Waals surface area (Å²) in [7, 11) is 0. The van der Waals surface area contributed by atoms with E-state index in [2.05, 4.69) is 10.6 Å². The van der Waals surface area contributed by atoms with Crippen molar-refractivity contribution in [2.24, 2.45) is 5.41 Å². The molecule has 0 aliphatic carbocycles. The number of nitrogens with one attached hydrogen (secondary N) is 2. The van der Waals surface area contributed by atoms with Gasteiger partial charge in [0.15, 0.2) is 6.23 Å². The van der Waals surface area contributed by atoms with E-state index >= 15 is 0 Å². The number of amides is 4. The molecule has 1 unspecified atom stereocenters. The molecule has 4 amide bonds. The highest BCUT2D eigenvalue weighted by Gasteiger charge is 2.62. The van der Waals surface area contributed by atoms with Gasteiger partial charge in [0, 0.05) is 25.2 Å². The van der Waals surface area contributed by atoms with Crippen LogP contribution in [0.3, 0.4) is 0 Å². The lowest BCUT2D eigenvalue weighted by atomic mass is 9.72. The zero-order chi connectivity index (χ0) is 21.7. The summed E-state index contributed by atoms with van der Waals surface area (Å²) in [6.07, 6.45) is 0.394. The fourth-order valence-electron chi connectivity index (χ4n) is 3.74. The van der Waals surface area contributed by atoms with Gasteiger partial charge < -0.3 is 15.4 Å². The second-order valence-electron chi connectivity index (χ2n) is 7.36. The van der Waals surface area contributed by atoms with Crippen LogP contribution in [0.5, 0.6) is 5.75 Å². The lowest BCUT2D eigenvalue weighted by molar-refractivity contribution is -0.190. The van der Waals surface area contributed by atoms with E-state index in [1.54, 1.807) is 24.3 Å². The van der Waals surface area contributed by atoms with Crippen molar-refractivity contribution < 1.29 is 19.1 Å². The molecule has 2 aromatic carbocycles. The average Bonchev–Trinajstić information content (AvgIpc) is 2.74. The predicted octanol–water partition coefficient (Wildman–Crippen LogP) is 3.91. The zero-order valence-electron chi connectivity index (χ0n) is 17.5. The van der Waals surface area contributed by atoms with Crippen molar-refractivity contribution in [1.29, 1.82) is 0 Å². The first kappa shape index (κ1) is 21.4. The van der Waals surface area contributed by atoms with Gasteiger partial charge in [-0.3, -0.25) is 9.59 Å². The summed E-state index contributed by atoms with van der Waals surface area (Å²) in [6.45, 7) is 5.59. The Balaban J connectivity index is 1.78. The molecule has 1 fully saturated rings. The Kier molecular flexibility index (Phi) is 6.40. The van der Waals surface area contributed by atoms with Gasteiger partial charge in [-0.05, 0) is 30.5 Å². The first-order valence-electron chi connectivity index (χ1n) is 10.1. The molecular formula is C23H27N3O4. The van der Waals surface area contributed by atoms with Gasteiger partial charge >= 0.3 is 6.03 Å². The molecule has 7 nitrogen and oxygen atoms in total. The molecule has 158 valence electrons. The Morgan fingerprint density at radius 2 is 1.77 bits per heavy atom. The number of β-lactam (4-membered cyclic amide) rings is 1. The maximum atomic E-state index is 12.9. The smallest absolute Gasteiger partial charge is 0.327 e. The summed E-state index contributed by atoms with van der Waals surface area (Å²) < 4.78 is 6.12. The lowest BCUT2D eigenvalue weighted by Crippen LogP contribution is -2.73. The van der Waals surface area contributed by atoms with E-state index in [1.807, 2.05) is 44.2 Å². The van der Waals surface area contributed by atoms with Gasteiger partial charge in [-0.1, -0.05) is 50.2 Å². The summed E-state index contributed by atoms with van der Waals surface area (Å²) in [4.78, 5) is 38.2. The second-order valence-corrected chi connectivity index (χ2v) is 7.36. The van der Waals surface area contributed by atoms with Crippen LogP contribution in [-0.4, -0.2) is 29.0 Å². The molecule has 0 bridgehead atoms. The van der Waals surface area contributed by atoms with Crippen LogP contribution in [0, 0.1) is 5.41 Å². The summed E-state index contributed by atoms with van der Waals surface area (Å²) in [5.41, 5.74) is 0.773. The van der Waals surface area contributed by atoms with Crippen molar-refractivity contribution in [2.45, 2.75) is 46.4 Å². The Bertz CT molecular complexity index is 925. The number of ether oxygens (including phenoxy) is 1. The fourth-order valence-corrected chi connectivity index (χ4v) is 3.74. The number of carbonyl (C=O) groups is 3. The molecular weight excluding hydrogens is 382 g/mol. The van der Waals surface area contributed by atoms with Gasteiger partial charge in [0.2, 0.25) is 11.8 Å². The van der Waals surface area contributed by atoms with E-state index in [-0.39, 0.29) is 11.8 Å². The normalized spacial score (nSPS) is 17.1. The molecule has 2 aromatic rings. The van der Waals surface area contributed by atoms with Crippen molar-refractivity contribution in [1.82, 2.24) is 10.2 Å². The quantitative estimate of drug-likeness (QED) is 0.679. The van der Waals surface area contributed by atoms with Crippen LogP contribution in [0.1, 0.15) is 39.2 Å². The summed E-state index contributed by atoms with van der Waals surface area (Å²) in [5.74, 6) is 0.0521. The van der Waals surface area contributed by atoms with Crippen LogP contribution in [-0.2, 0) is 16.1 Å². The largest absolute Gasteiger partial charge is 0.469 e. The highest BCUT2D eigenvalue weighted by molar-refractivity contribution is 6.03. The van der Waals surface area contributed by atoms with Gasteiger partial charge in [-0.2, -0.15) is 0 Å². The Morgan fingerprint density at radius 3 is 2.40 bits per heavy atom. The van der Waals surface area contributed by atoms with Crippen LogP contribution in [0.4, 0.5) is 10.5 Å². The SMILES string of the molecule is CCC1(CC)C(=O)N(C(=O)NCc2ccccc2)C1Oc1cccc(NC(C)=O)c1.